The summed E-state index contributed by atoms with van der Waals surface area (Å²) in [6.07, 6.45) is -1.08. The van der Waals surface area contributed by atoms with Gasteiger partial charge in [-0.05, 0) is 34.6 Å². The van der Waals surface area contributed by atoms with E-state index in [0.29, 0.717) is 5.88 Å². The zero-order valence-electron chi connectivity index (χ0n) is 10.8. The number of rotatable bonds is 1. The molecule has 1 unspecified atom stereocenters. The number of ether oxygens (including phenoxy) is 1. The second-order valence-electron chi connectivity index (χ2n) is 5.57. The molecular formula is C11H19NO4S. The van der Waals surface area contributed by atoms with E-state index in [1.165, 1.54) is 11.8 Å². The smallest absolute Gasteiger partial charge is 0.408 e. The van der Waals surface area contributed by atoms with Crippen molar-refractivity contribution in [1.29, 1.82) is 0 Å². The van der Waals surface area contributed by atoms with Gasteiger partial charge in [-0.15, -0.1) is 11.8 Å². The third-order valence-corrected chi connectivity index (χ3v) is 3.80. The van der Waals surface area contributed by atoms with Gasteiger partial charge >= 0.3 is 12.1 Å². The van der Waals surface area contributed by atoms with Crippen LogP contribution in [0, 0.1) is 0 Å². The molecule has 1 heterocycles. The minimum atomic E-state index is -1.08. The van der Waals surface area contributed by atoms with Crippen molar-refractivity contribution in [2.45, 2.75) is 51.0 Å². The third kappa shape index (κ3) is 3.28. The Kier molecular flexibility index (Phi) is 3.66. The number of hydrogen-bond acceptors (Lipinski definition) is 4. The molecule has 1 amide bonds. The molecule has 1 aliphatic rings. The first-order valence-corrected chi connectivity index (χ1v) is 6.39. The number of carboxylic acid groups (broad SMARTS) is 1. The lowest BCUT2D eigenvalue weighted by Gasteiger charge is -2.31. The Hall–Kier alpha value is -0.910. The quantitative estimate of drug-likeness (QED) is 0.733. The van der Waals surface area contributed by atoms with Gasteiger partial charge in [0.15, 0.2) is 0 Å². The number of thioether (sulfide) groups is 1. The molecule has 0 saturated carbocycles. The maximum Gasteiger partial charge on any atom is 0.408 e. The van der Waals surface area contributed by atoms with Crippen LogP contribution in [-0.4, -0.2) is 44.3 Å². The number of carbonyl (C=O) groups excluding carboxylic acids is 1. The van der Waals surface area contributed by atoms with Gasteiger partial charge in [0.05, 0.1) is 5.88 Å². The summed E-state index contributed by atoms with van der Waals surface area (Å²) in [6.45, 7) is 9.02. The van der Waals surface area contributed by atoms with Crippen molar-refractivity contribution >= 4 is 23.8 Å². The maximum atomic E-state index is 12.1. The lowest BCUT2D eigenvalue weighted by Crippen LogP contribution is -2.50. The molecule has 0 aromatic heterocycles. The largest absolute Gasteiger partial charge is 0.465 e. The molecule has 1 atom stereocenters. The molecule has 0 radical (unpaired) electrons. The van der Waals surface area contributed by atoms with Crippen molar-refractivity contribution in [2.75, 3.05) is 5.88 Å². The second kappa shape index (κ2) is 4.40. The third-order valence-electron chi connectivity index (χ3n) is 2.42. The van der Waals surface area contributed by atoms with Gasteiger partial charge in [0.1, 0.15) is 11.6 Å². The Morgan fingerprint density at radius 3 is 2.35 bits per heavy atom. The van der Waals surface area contributed by atoms with Crippen LogP contribution in [0.15, 0.2) is 0 Å². The average Bonchev–Trinajstić information content (AvgIpc) is 2.37. The summed E-state index contributed by atoms with van der Waals surface area (Å²) in [5.41, 5.74) is -0.607. The van der Waals surface area contributed by atoms with Crippen LogP contribution in [0.4, 0.5) is 4.79 Å². The molecule has 98 valence electrons. The number of amides is 1. The van der Waals surface area contributed by atoms with Crippen molar-refractivity contribution in [3.05, 3.63) is 0 Å². The van der Waals surface area contributed by atoms with Crippen LogP contribution in [0.5, 0.6) is 0 Å². The zero-order chi connectivity index (χ0) is 13.4. The van der Waals surface area contributed by atoms with Gasteiger partial charge in [-0.1, -0.05) is 0 Å². The molecule has 1 aliphatic heterocycles. The zero-order valence-corrected chi connectivity index (χ0v) is 11.6. The number of carbonyl (C=O) groups is 2. The summed E-state index contributed by atoms with van der Waals surface area (Å²) in [4.78, 5) is 24.3. The molecular weight excluding hydrogens is 242 g/mol. The van der Waals surface area contributed by atoms with Crippen molar-refractivity contribution < 1.29 is 19.4 Å². The summed E-state index contributed by atoms with van der Waals surface area (Å²) in [5.74, 6) is -0.179. The molecule has 0 aliphatic carbocycles. The lowest BCUT2D eigenvalue weighted by atomic mass is 10.0. The monoisotopic (exact) mass is 261 g/mol. The van der Waals surface area contributed by atoms with Crippen molar-refractivity contribution in [3.63, 3.8) is 0 Å². The Labute approximate surface area is 105 Å². The fourth-order valence-electron chi connectivity index (χ4n) is 1.70. The first-order chi connectivity index (χ1) is 7.54. The molecule has 1 N–H and O–H groups in total. The highest BCUT2D eigenvalue weighted by Gasteiger charge is 2.49. The van der Waals surface area contributed by atoms with E-state index in [0.717, 1.165) is 4.90 Å². The molecule has 0 spiro atoms. The molecule has 17 heavy (non-hydrogen) atoms. The second-order valence-corrected chi connectivity index (χ2v) is 7.16. The van der Waals surface area contributed by atoms with E-state index in [9.17, 15) is 9.59 Å². The minimum absolute atomic E-state index is 0.298. The Morgan fingerprint density at radius 1 is 1.41 bits per heavy atom. The highest BCUT2D eigenvalue weighted by atomic mass is 32.2. The van der Waals surface area contributed by atoms with E-state index in [1.54, 1.807) is 20.8 Å². The van der Waals surface area contributed by atoms with Crippen molar-refractivity contribution in [1.82, 2.24) is 4.90 Å². The van der Waals surface area contributed by atoms with Gasteiger partial charge in [0.25, 0.3) is 0 Å². The summed E-state index contributed by atoms with van der Waals surface area (Å²) < 4.78 is 4.82. The molecule has 0 aromatic rings. The highest BCUT2D eigenvalue weighted by Crippen LogP contribution is 2.40. The van der Waals surface area contributed by atoms with E-state index < -0.39 is 28.5 Å². The fourth-order valence-corrected chi connectivity index (χ4v) is 2.81. The number of hydrogen-bond donors (Lipinski definition) is 1. The highest BCUT2D eigenvalue weighted by molar-refractivity contribution is 8.00. The Morgan fingerprint density at radius 2 is 1.94 bits per heavy atom. The lowest BCUT2D eigenvalue weighted by molar-refractivity contribution is -0.160. The van der Waals surface area contributed by atoms with Gasteiger partial charge in [-0.2, -0.15) is 0 Å². The molecule has 1 fully saturated rings. The van der Waals surface area contributed by atoms with Crippen LogP contribution >= 0.6 is 11.8 Å². The number of esters is 1. The van der Waals surface area contributed by atoms with E-state index in [-0.39, 0.29) is 0 Å². The molecule has 5 nitrogen and oxygen atoms in total. The van der Waals surface area contributed by atoms with Crippen LogP contribution in [-0.2, 0) is 9.53 Å². The molecule has 6 heteroatoms. The van der Waals surface area contributed by atoms with E-state index in [4.69, 9.17) is 9.84 Å². The Balaban J connectivity index is 2.90. The van der Waals surface area contributed by atoms with Crippen molar-refractivity contribution in [3.8, 4) is 0 Å². The average molecular weight is 261 g/mol. The molecule has 0 aromatic carbocycles. The van der Waals surface area contributed by atoms with Gasteiger partial charge < -0.3 is 9.84 Å². The van der Waals surface area contributed by atoms with Crippen LogP contribution in [0.25, 0.3) is 0 Å². The van der Waals surface area contributed by atoms with Crippen LogP contribution in [0.2, 0.25) is 0 Å². The van der Waals surface area contributed by atoms with Gasteiger partial charge in [0.2, 0.25) is 0 Å². The molecule has 0 bridgehead atoms. The first-order valence-electron chi connectivity index (χ1n) is 5.41. The van der Waals surface area contributed by atoms with E-state index in [1.807, 2.05) is 13.8 Å². The summed E-state index contributed by atoms with van der Waals surface area (Å²) >= 11 is 1.44. The van der Waals surface area contributed by atoms with Crippen molar-refractivity contribution in [2.24, 2.45) is 0 Å². The number of nitrogens with zero attached hydrogens (tertiary/aromatic N) is 1. The van der Waals surface area contributed by atoms with Gasteiger partial charge in [0, 0.05) is 4.75 Å². The standard InChI is InChI=1S/C11H19NO4S/c1-10(2,3)16-8(13)7-11(4,5)17-6-12(7)9(14)15/h7H,6H2,1-5H3,(H,14,15). The summed E-state index contributed by atoms with van der Waals surface area (Å²) in [5, 5.41) is 9.07. The van der Waals surface area contributed by atoms with Crippen LogP contribution in [0.1, 0.15) is 34.6 Å². The van der Waals surface area contributed by atoms with Gasteiger partial charge in [-0.3, -0.25) is 4.90 Å². The fraction of sp³-hybridized carbons (Fsp3) is 0.818. The molecule has 1 saturated heterocycles. The SMILES string of the molecule is CC(C)(C)OC(=O)C1N(C(=O)O)CSC1(C)C. The predicted molar refractivity (Wildman–Crippen MR) is 66.0 cm³/mol. The normalized spacial score (nSPS) is 23.6. The van der Waals surface area contributed by atoms with E-state index in [2.05, 4.69) is 0 Å². The minimum Gasteiger partial charge on any atom is -0.465 e. The predicted octanol–water partition coefficient (Wildman–Crippen LogP) is 2.16. The van der Waals surface area contributed by atoms with Gasteiger partial charge in [-0.25, -0.2) is 9.59 Å². The van der Waals surface area contributed by atoms with Crippen LogP contribution < -0.4 is 0 Å². The van der Waals surface area contributed by atoms with E-state index >= 15 is 0 Å². The summed E-state index contributed by atoms with van der Waals surface area (Å²) in [7, 11) is 0. The Bertz CT molecular complexity index is 335. The summed E-state index contributed by atoms with van der Waals surface area (Å²) in [6, 6.07) is -0.746. The topological polar surface area (TPSA) is 66.8 Å². The van der Waals surface area contributed by atoms with Crippen LogP contribution in [0.3, 0.4) is 0 Å². The molecule has 1 rings (SSSR count). The first kappa shape index (κ1) is 14.2. The maximum absolute atomic E-state index is 12.1.